The van der Waals surface area contributed by atoms with Gasteiger partial charge in [0.05, 0.1) is 13.2 Å². The molecule has 0 unspecified atom stereocenters. The van der Waals surface area contributed by atoms with Crippen LogP contribution in [0.2, 0.25) is 0 Å². The van der Waals surface area contributed by atoms with Crippen LogP contribution >= 0.6 is 0 Å². The fourth-order valence-corrected chi connectivity index (χ4v) is 0.501. The molecule has 17 heavy (non-hydrogen) atoms. The minimum Gasteiger partial charge on any atom is -0.398 e. The number of aldehydes is 1. The second-order valence-corrected chi connectivity index (χ2v) is 1.90. The van der Waals surface area contributed by atoms with E-state index in [0.29, 0.717) is 19.5 Å². The van der Waals surface area contributed by atoms with Gasteiger partial charge in [0, 0.05) is 0 Å². The molecule has 9 heteroatoms. The van der Waals surface area contributed by atoms with Crippen molar-refractivity contribution in [1.29, 1.82) is 0 Å². The molecule has 1 aliphatic rings. The molecular formula is C8H10O9. The molecule has 0 aromatic heterocycles. The summed E-state index contributed by atoms with van der Waals surface area (Å²) < 4.78 is 16.4. The van der Waals surface area contributed by atoms with Crippen molar-refractivity contribution in [3.8, 4) is 0 Å². The van der Waals surface area contributed by atoms with Crippen LogP contribution in [0, 0.1) is 0 Å². The predicted octanol–water partition coefficient (Wildman–Crippen LogP) is -1.81. The van der Waals surface area contributed by atoms with Gasteiger partial charge in [0.2, 0.25) is 6.29 Å². The highest BCUT2D eigenvalue weighted by molar-refractivity contribution is 5.55. The van der Waals surface area contributed by atoms with E-state index in [0.717, 1.165) is 0 Å². The molecule has 0 aliphatic carbocycles. The molecule has 9 nitrogen and oxygen atoms in total. The highest BCUT2D eigenvalue weighted by Gasteiger charge is 2.12. The number of hydrogen-bond donors (Lipinski definition) is 0. The van der Waals surface area contributed by atoms with E-state index in [-0.39, 0.29) is 25.9 Å². The van der Waals surface area contributed by atoms with Gasteiger partial charge in [0.25, 0.3) is 0 Å². The van der Waals surface area contributed by atoms with Crippen molar-refractivity contribution in [1.82, 2.24) is 0 Å². The molecule has 1 fully saturated rings. The Morgan fingerprint density at radius 3 is 1.24 bits per heavy atom. The zero-order valence-corrected chi connectivity index (χ0v) is 8.55. The van der Waals surface area contributed by atoms with Crippen LogP contribution in [0.25, 0.3) is 0 Å². The lowest BCUT2D eigenvalue weighted by atomic mass is 10.7. The summed E-state index contributed by atoms with van der Waals surface area (Å²) in [5.41, 5.74) is 0. The van der Waals surface area contributed by atoms with E-state index in [1.807, 2.05) is 0 Å². The van der Waals surface area contributed by atoms with E-state index >= 15 is 0 Å². The third-order valence-electron chi connectivity index (χ3n) is 0.981. The molecule has 1 rings (SSSR count). The number of carbonyl (C=O) groups excluding carboxylic acids is 5. The van der Waals surface area contributed by atoms with Gasteiger partial charge in [0.1, 0.15) is 0 Å². The predicted molar refractivity (Wildman–Crippen MR) is 48.2 cm³/mol. The summed E-state index contributed by atoms with van der Waals surface area (Å²) in [5, 5.41) is 0. The zero-order chi connectivity index (χ0) is 13.4. The summed E-state index contributed by atoms with van der Waals surface area (Å²) in [4.78, 5) is 45.6. The van der Waals surface area contributed by atoms with Crippen LogP contribution in [0.3, 0.4) is 0 Å². The molecular weight excluding hydrogens is 240 g/mol. The lowest BCUT2D eigenvalue weighted by molar-refractivity contribution is -0.143. The van der Waals surface area contributed by atoms with Gasteiger partial charge in [-0.3, -0.25) is 24.0 Å². The van der Waals surface area contributed by atoms with Crippen LogP contribution in [0.1, 0.15) is 0 Å². The highest BCUT2D eigenvalue weighted by Crippen LogP contribution is 1.98. The van der Waals surface area contributed by atoms with Gasteiger partial charge in [-0.2, -0.15) is 0 Å². The van der Waals surface area contributed by atoms with Gasteiger partial charge < -0.3 is 18.9 Å². The number of ether oxygens (including phenoxy) is 4. The van der Waals surface area contributed by atoms with Crippen LogP contribution in [0.15, 0.2) is 0 Å². The largest absolute Gasteiger partial charge is 0.398 e. The Kier molecular flexibility index (Phi) is 16.6. The molecule has 0 amide bonds. The first-order valence-electron chi connectivity index (χ1n) is 4.00. The van der Waals surface area contributed by atoms with Crippen LogP contribution in [-0.2, 0) is 42.9 Å². The van der Waals surface area contributed by atoms with Crippen molar-refractivity contribution < 1.29 is 42.9 Å². The molecule has 1 heterocycles. The molecule has 0 N–H and O–H groups in total. The average molecular weight is 250 g/mol. The third kappa shape index (κ3) is 16.5. The normalized spacial score (nSPS) is 12.7. The third-order valence-corrected chi connectivity index (χ3v) is 0.981. The quantitative estimate of drug-likeness (QED) is 0.410. The number of carbonyl (C=O) groups is 5. The second kappa shape index (κ2) is 16.3. The molecule has 0 aromatic rings. The van der Waals surface area contributed by atoms with Gasteiger partial charge in [0.15, 0.2) is 6.29 Å². The molecule has 0 atom stereocenters. The van der Waals surface area contributed by atoms with Crippen molar-refractivity contribution >= 4 is 32.2 Å². The molecule has 0 spiro atoms. The van der Waals surface area contributed by atoms with Gasteiger partial charge in [-0.25, -0.2) is 0 Å². The summed E-state index contributed by atoms with van der Waals surface area (Å²) in [5.74, 6) is 0. The Hall–Kier alpha value is -2.13. The van der Waals surface area contributed by atoms with E-state index in [1.165, 1.54) is 0 Å². The Bertz CT molecular complexity index is 195. The first-order valence-corrected chi connectivity index (χ1v) is 4.00. The van der Waals surface area contributed by atoms with E-state index in [9.17, 15) is 4.79 Å². The van der Waals surface area contributed by atoms with Crippen molar-refractivity contribution in [3.05, 3.63) is 0 Å². The zero-order valence-electron chi connectivity index (χ0n) is 8.55. The molecule has 1 aliphatic heterocycles. The lowest BCUT2D eigenvalue weighted by Gasteiger charge is -1.93. The Morgan fingerprint density at radius 2 is 1.12 bits per heavy atom. The Balaban J connectivity index is 0. The van der Waals surface area contributed by atoms with Crippen molar-refractivity contribution in [2.75, 3.05) is 13.2 Å². The minimum absolute atomic E-state index is 0.0625. The Morgan fingerprint density at radius 1 is 0.765 bits per heavy atom. The molecule has 0 radical (unpaired) electrons. The SMILES string of the molecule is O=CC1OCCO1.O=COC=O.O=COC=O. The lowest BCUT2D eigenvalue weighted by Crippen LogP contribution is -2.07. The van der Waals surface area contributed by atoms with Crippen LogP contribution in [0.5, 0.6) is 0 Å². The van der Waals surface area contributed by atoms with Crippen LogP contribution < -0.4 is 0 Å². The number of rotatable bonds is 5. The maximum absolute atomic E-state index is 9.76. The molecule has 96 valence electrons. The van der Waals surface area contributed by atoms with Crippen molar-refractivity contribution in [2.45, 2.75) is 6.29 Å². The molecule has 1 saturated heterocycles. The first-order chi connectivity index (χ1) is 8.26. The van der Waals surface area contributed by atoms with Gasteiger partial charge in [-0.05, 0) is 0 Å². The fraction of sp³-hybridized carbons (Fsp3) is 0.375. The summed E-state index contributed by atoms with van der Waals surface area (Å²) in [6, 6.07) is 0. The Labute approximate surface area is 95.6 Å². The van der Waals surface area contributed by atoms with Crippen LogP contribution in [-0.4, -0.2) is 51.7 Å². The molecule has 0 bridgehead atoms. The number of hydrogen-bond acceptors (Lipinski definition) is 9. The molecule has 0 saturated carbocycles. The summed E-state index contributed by atoms with van der Waals surface area (Å²) in [7, 11) is 0. The highest BCUT2D eigenvalue weighted by atomic mass is 16.7. The average Bonchev–Trinajstić information content (AvgIpc) is 2.85. The maximum atomic E-state index is 9.76. The van der Waals surface area contributed by atoms with Gasteiger partial charge >= 0.3 is 25.9 Å². The smallest absolute Gasteiger partial charge is 0.300 e. The second-order valence-electron chi connectivity index (χ2n) is 1.90. The summed E-state index contributed by atoms with van der Waals surface area (Å²) in [6.45, 7) is 1.34. The fourth-order valence-electron chi connectivity index (χ4n) is 0.501. The van der Waals surface area contributed by atoms with Crippen molar-refractivity contribution in [3.63, 3.8) is 0 Å². The first kappa shape index (κ1) is 17.3. The van der Waals surface area contributed by atoms with E-state index in [4.69, 9.17) is 28.7 Å². The minimum atomic E-state index is -0.583. The van der Waals surface area contributed by atoms with Gasteiger partial charge in [-0.1, -0.05) is 0 Å². The topological polar surface area (TPSA) is 122 Å². The summed E-state index contributed by atoms with van der Waals surface area (Å²) >= 11 is 0. The molecule has 0 aromatic carbocycles. The monoisotopic (exact) mass is 250 g/mol. The summed E-state index contributed by atoms with van der Waals surface area (Å²) in [6.07, 6.45) is 0.0625. The standard InChI is InChI=1S/C4H6O3.2C2H2O3/c5-3-4-6-1-2-7-4;2*3-1-5-2-4/h3-4H,1-2H2;2*1-2H. The maximum Gasteiger partial charge on any atom is 0.300 e. The van der Waals surface area contributed by atoms with E-state index < -0.39 is 6.29 Å². The van der Waals surface area contributed by atoms with E-state index in [1.54, 1.807) is 0 Å². The van der Waals surface area contributed by atoms with Gasteiger partial charge in [-0.15, -0.1) is 0 Å². The van der Waals surface area contributed by atoms with Crippen LogP contribution in [0.4, 0.5) is 0 Å². The van der Waals surface area contributed by atoms with E-state index in [2.05, 4.69) is 9.47 Å². The van der Waals surface area contributed by atoms with Crippen molar-refractivity contribution in [2.24, 2.45) is 0 Å².